The number of carbonyl (C=O) groups excluding carboxylic acids is 1. The second-order valence-electron chi connectivity index (χ2n) is 17.8. The molecule has 0 unspecified atom stereocenters. The van der Waals surface area contributed by atoms with Crippen LogP contribution in [0.2, 0.25) is 20.1 Å². The number of carboxylic acids is 1. The average molecular weight is 1060 g/mol. The molecule has 0 saturated heterocycles. The van der Waals surface area contributed by atoms with Crippen LogP contribution in [-0.2, 0) is 18.0 Å². The van der Waals surface area contributed by atoms with E-state index in [0.717, 1.165) is 61.1 Å². The highest BCUT2D eigenvalue weighted by Crippen LogP contribution is 2.41. The zero-order valence-electron chi connectivity index (χ0n) is 40.3. The molecule has 0 amide bonds. The lowest BCUT2D eigenvalue weighted by atomic mass is 9.98. The number of isocyanates is 1. The van der Waals surface area contributed by atoms with E-state index in [1.54, 1.807) is 60.7 Å². The summed E-state index contributed by atoms with van der Waals surface area (Å²) in [7, 11) is 0. The van der Waals surface area contributed by atoms with Gasteiger partial charge in [0.1, 0.15) is 47.6 Å². The van der Waals surface area contributed by atoms with Crippen molar-refractivity contribution in [1.82, 2.24) is 10.3 Å². The molecule has 0 bridgehead atoms. The molecule has 74 heavy (non-hydrogen) atoms. The predicted octanol–water partition coefficient (Wildman–Crippen LogP) is 18.0. The van der Waals surface area contributed by atoms with E-state index < -0.39 is 5.97 Å². The number of fused-ring (bicyclic) bond motifs is 2. The van der Waals surface area contributed by atoms with Crippen LogP contribution in [0.15, 0.2) is 172 Å². The monoisotopic (exact) mass is 1060 g/mol. The number of halogens is 4. The van der Waals surface area contributed by atoms with E-state index in [0.29, 0.717) is 70.7 Å². The zero-order valence-corrected chi connectivity index (χ0v) is 43.4. The summed E-state index contributed by atoms with van der Waals surface area (Å²) in [5.74, 6) is 2.11. The third-order valence-corrected chi connectivity index (χ3v) is 13.6. The molecule has 8 aromatic carbocycles. The van der Waals surface area contributed by atoms with Crippen LogP contribution in [0.25, 0.3) is 66.3 Å². The van der Waals surface area contributed by atoms with Crippen LogP contribution in [0.1, 0.15) is 72.5 Å². The van der Waals surface area contributed by atoms with Crippen molar-refractivity contribution in [3.05, 3.63) is 206 Å². The number of carbonyl (C=O) groups is 1. The SMILES string of the molecule is CC(C)c1onc(-c2c(Cl)cccc2Cl)c1COc1ccc(-c2ccc3c(C(=O)O)cccc3c2)cc1.CC(C)c1onc(-c2c(Cl)cccc2Cl)c1COc1ccc(-c2ccc3c(N=C=O)cccc3c2)cc1. The van der Waals surface area contributed by atoms with Crippen molar-refractivity contribution in [2.24, 2.45) is 4.99 Å². The summed E-state index contributed by atoms with van der Waals surface area (Å²) in [6, 6.07) is 49.0. The van der Waals surface area contributed by atoms with Crippen molar-refractivity contribution < 1.29 is 33.2 Å². The summed E-state index contributed by atoms with van der Waals surface area (Å²) in [6.07, 6.45) is 1.62. The molecule has 0 aliphatic rings. The van der Waals surface area contributed by atoms with Crippen molar-refractivity contribution >= 4 is 85.7 Å². The Bertz CT molecular complexity index is 3460. The van der Waals surface area contributed by atoms with E-state index in [-0.39, 0.29) is 25.0 Å². The molecule has 0 atom stereocenters. The van der Waals surface area contributed by atoms with Gasteiger partial charge in [-0.3, -0.25) is 0 Å². The summed E-state index contributed by atoms with van der Waals surface area (Å²) >= 11 is 25.8. The summed E-state index contributed by atoms with van der Waals surface area (Å²) in [6.45, 7) is 8.62. The number of aromatic carboxylic acids is 1. The normalized spacial score (nSPS) is 11.2. The third-order valence-electron chi connectivity index (χ3n) is 12.4. The Morgan fingerprint density at radius 2 is 0.959 bits per heavy atom. The number of rotatable bonds is 14. The van der Waals surface area contributed by atoms with Gasteiger partial charge in [-0.2, -0.15) is 4.99 Å². The molecule has 14 heteroatoms. The van der Waals surface area contributed by atoms with E-state index >= 15 is 0 Å². The number of ether oxygens (including phenoxy) is 2. The molecular weight excluding hydrogens is 1020 g/mol. The molecule has 2 aromatic heterocycles. The smallest absolute Gasteiger partial charge is 0.336 e. The first-order chi connectivity index (χ1) is 35.8. The van der Waals surface area contributed by atoms with Gasteiger partial charge < -0.3 is 23.6 Å². The fourth-order valence-corrected chi connectivity index (χ4v) is 9.86. The highest BCUT2D eigenvalue weighted by Gasteiger charge is 2.25. The lowest BCUT2D eigenvalue weighted by Gasteiger charge is -2.11. The maximum Gasteiger partial charge on any atom is 0.336 e. The molecule has 10 nitrogen and oxygen atoms in total. The molecule has 1 N–H and O–H groups in total. The lowest BCUT2D eigenvalue weighted by molar-refractivity contribution is 0.0699. The summed E-state index contributed by atoms with van der Waals surface area (Å²) < 4.78 is 23.6. The van der Waals surface area contributed by atoms with Crippen molar-refractivity contribution in [2.75, 3.05) is 0 Å². The lowest BCUT2D eigenvalue weighted by Crippen LogP contribution is -2.01. The van der Waals surface area contributed by atoms with Crippen molar-refractivity contribution in [2.45, 2.75) is 52.7 Å². The van der Waals surface area contributed by atoms with Gasteiger partial charge in [0, 0.05) is 28.3 Å². The van der Waals surface area contributed by atoms with E-state index in [2.05, 4.69) is 21.4 Å². The van der Waals surface area contributed by atoms with Crippen LogP contribution in [0.3, 0.4) is 0 Å². The van der Waals surface area contributed by atoms with Crippen LogP contribution in [0.4, 0.5) is 5.69 Å². The van der Waals surface area contributed by atoms with Crippen LogP contribution < -0.4 is 9.47 Å². The molecule has 0 aliphatic heterocycles. The van der Waals surface area contributed by atoms with Crippen molar-refractivity contribution in [3.8, 4) is 56.3 Å². The number of carboxylic acid groups (broad SMARTS) is 1. The van der Waals surface area contributed by atoms with Gasteiger partial charge in [0.2, 0.25) is 6.08 Å². The maximum absolute atomic E-state index is 11.5. The van der Waals surface area contributed by atoms with Crippen LogP contribution in [0, 0.1) is 0 Å². The minimum absolute atomic E-state index is 0.0954. The highest BCUT2D eigenvalue weighted by molar-refractivity contribution is 6.39. The molecule has 370 valence electrons. The molecule has 10 aromatic rings. The molecule has 0 fully saturated rings. The van der Waals surface area contributed by atoms with Gasteiger partial charge in [-0.1, -0.05) is 169 Å². The minimum Gasteiger partial charge on any atom is -0.489 e. The van der Waals surface area contributed by atoms with Crippen LogP contribution in [-0.4, -0.2) is 27.5 Å². The Morgan fingerprint density at radius 1 is 0.554 bits per heavy atom. The maximum atomic E-state index is 11.5. The van der Waals surface area contributed by atoms with E-state index in [9.17, 15) is 14.7 Å². The van der Waals surface area contributed by atoms with Crippen molar-refractivity contribution in [1.29, 1.82) is 0 Å². The number of hydrogen-bond acceptors (Lipinski definition) is 9. The number of nitrogens with zero attached hydrogens (tertiary/aromatic N) is 3. The van der Waals surface area contributed by atoms with Gasteiger partial charge in [-0.05, 0) is 111 Å². The number of aliphatic imine (C=N–C) groups is 1. The highest BCUT2D eigenvalue weighted by atomic mass is 35.5. The van der Waals surface area contributed by atoms with E-state index in [1.807, 2.05) is 125 Å². The molecule has 0 spiro atoms. The summed E-state index contributed by atoms with van der Waals surface area (Å²) in [4.78, 5) is 26.0. The van der Waals surface area contributed by atoms with Gasteiger partial charge in [0.05, 0.1) is 42.5 Å². The third kappa shape index (κ3) is 11.0. The Hall–Kier alpha value is -7.69. The Labute approximate surface area is 446 Å². The Kier molecular flexibility index (Phi) is 15.6. The fourth-order valence-electron chi connectivity index (χ4n) is 8.71. The van der Waals surface area contributed by atoms with E-state index in [1.165, 1.54) is 0 Å². The molecule has 10 rings (SSSR count). The number of hydrogen-bond donors (Lipinski definition) is 1. The van der Waals surface area contributed by atoms with Crippen molar-refractivity contribution in [3.63, 3.8) is 0 Å². The molecule has 2 heterocycles. The topological polar surface area (TPSA) is 137 Å². The van der Waals surface area contributed by atoms with Crippen LogP contribution in [0.5, 0.6) is 11.5 Å². The molecule has 0 saturated carbocycles. The Balaban J connectivity index is 0.000000182. The number of benzene rings is 8. The minimum atomic E-state index is -0.937. The second kappa shape index (κ2) is 22.6. The van der Waals surface area contributed by atoms with Gasteiger partial charge in [0.25, 0.3) is 0 Å². The quantitative estimate of drug-likeness (QED) is 0.0833. The number of aromatic nitrogens is 2. The van der Waals surface area contributed by atoms with Gasteiger partial charge in [-0.25, -0.2) is 9.59 Å². The van der Waals surface area contributed by atoms with Gasteiger partial charge in [-0.15, -0.1) is 0 Å². The fraction of sp³-hybridized carbons (Fsp3) is 0.133. The molecule has 0 radical (unpaired) electrons. The van der Waals surface area contributed by atoms with Gasteiger partial charge >= 0.3 is 5.97 Å². The second-order valence-corrected chi connectivity index (χ2v) is 19.5. The predicted molar refractivity (Wildman–Crippen MR) is 294 cm³/mol. The molecular formula is C60H45Cl4N3O7. The van der Waals surface area contributed by atoms with E-state index in [4.69, 9.17) is 64.9 Å². The first-order valence-electron chi connectivity index (χ1n) is 23.5. The first kappa shape index (κ1) is 51.2. The Morgan fingerprint density at radius 3 is 1.39 bits per heavy atom. The van der Waals surface area contributed by atoms with Gasteiger partial charge in [0.15, 0.2) is 0 Å². The summed E-state index contributed by atoms with van der Waals surface area (Å²) in [5, 5.41) is 23.5. The molecule has 0 aliphatic carbocycles. The van der Waals surface area contributed by atoms with Crippen LogP contribution >= 0.6 is 46.4 Å². The standard InChI is InChI=1S/C30H22Cl2N2O3.C30H23Cl2NO4/c1-18(2)30-24(29(34-37-30)28-25(31)6-4-7-26(28)32)16-36-22-12-9-19(10-13-22)20-11-14-23-21(15-20)5-3-8-27(23)33-17-35;1-17(2)29-24(28(33-37-29)27-25(31)7-4-8-26(27)32)16-36-21-12-9-18(10-13-21)19-11-14-22-20(15-19)5-3-6-23(22)30(34)35/h3-15,18H,16H2,1-2H3;3-15,17H,16H2,1-2H3,(H,34,35). The first-order valence-corrected chi connectivity index (χ1v) is 25.0. The zero-order chi connectivity index (χ0) is 52.0. The largest absolute Gasteiger partial charge is 0.489 e. The summed E-state index contributed by atoms with van der Waals surface area (Å²) in [5.41, 5.74) is 9.00. The average Bonchev–Trinajstić information content (AvgIpc) is 4.02.